The van der Waals surface area contributed by atoms with Crippen molar-refractivity contribution in [3.63, 3.8) is 0 Å². The molecule has 2 fully saturated rings. The molecule has 5 heteroatoms. The summed E-state index contributed by atoms with van der Waals surface area (Å²) in [7, 11) is 0. The Morgan fingerprint density at radius 2 is 2.19 bits per heavy atom. The fraction of sp³-hybridized carbons (Fsp3) is 0.909. The maximum Gasteiger partial charge on any atom is 0.246 e. The third-order valence-electron chi connectivity index (χ3n) is 2.99. The van der Waals surface area contributed by atoms with Gasteiger partial charge in [0.25, 0.3) is 0 Å². The Balaban J connectivity index is 0.00000128. The van der Waals surface area contributed by atoms with Gasteiger partial charge in [0.05, 0.1) is 6.61 Å². The highest BCUT2D eigenvalue weighted by atomic mass is 35.5. The molecule has 0 bridgehead atoms. The predicted molar refractivity (Wildman–Crippen MR) is 64.8 cm³/mol. The first kappa shape index (κ1) is 13.7. The second-order valence-electron chi connectivity index (χ2n) is 4.56. The molecular weight excluding hydrogens is 228 g/mol. The largest absolute Gasteiger partial charge is 0.371 e. The van der Waals surface area contributed by atoms with E-state index in [2.05, 4.69) is 10.6 Å². The lowest BCUT2D eigenvalue weighted by Gasteiger charge is -2.11. The van der Waals surface area contributed by atoms with Crippen LogP contribution in [0.3, 0.4) is 0 Å². The summed E-state index contributed by atoms with van der Waals surface area (Å²) >= 11 is 0. The van der Waals surface area contributed by atoms with Gasteiger partial charge in [-0.25, -0.2) is 0 Å². The number of rotatable bonds is 6. The number of hydrogen-bond donors (Lipinski definition) is 2. The molecule has 0 aromatic carbocycles. The van der Waals surface area contributed by atoms with Crippen molar-refractivity contribution in [3.8, 4) is 0 Å². The van der Waals surface area contributed by atoms with Gasteiger partial charge in [0.15, 0.2) is 0 Å². The SMILES string of the molecule is Cl.O=C(COCC1CC1)NCC1CCCN1. The number of halogens is 1. The average molecular weight is 249 g/mol. The van der Waals surface area contributed by atoms with Crippen molar-refractivity contribution in [3.05, 3.63) is 0 Å². The monoisotopic (exact) mass is 248 g/mol. The number of carbonyl (C=O) groups is 1. The third-order valence-corrected chi connectivity index (χ3v) is 2.99. The van der Waals surface area contributed by atoms with Crippen molar-refractivity contribution in [1.29, 1.82) is 0 Å². The Bertz CT molecular complexity index is 216. The number of hydrogen-bond acceptors (Lipinski definition) is 3. The van der Waals surface area contributed by atoms with E-state index in [1.165, 1.54) is 25.7 Å². The quantitative estimate of drug-likeness (QED) is 0.728. The van der Waals surface area contributed by atoms with Gasteiger partial charge in [0.1, 0.15) is 6.61 Å². The summed E-state index contributed by atoms with van der Waals surface area (Å²) in [6, 6.07) is 0.470. The van der Waals surface area contributed by atoms with Crippen molar-refractivity contribution in [2.45, 2.75) is 31.7 Å². The third kappa shape index (κ3) is 5.14. The van der Waals surface area contributed by atoms with Gasteiger partial charge in [-0.2, -0.15) is 0 Å². The number of carbonyl (C=O) groups excluding carboxylic acids is 1. The van der Waals surface area contributed by atoms with Crippen LogP contribution in [-0.4, -0.2) is 38.3 Å². The van der Waals surface area contributed by atoms with Crippen molar-refractivity contribution < 1.29 is 9.53 Å². The van der Waals surface area contributed by atoms with Crippen LogP contribution in [0.1, 0.15) is 25.7 Å². The zero-order valence-electron chi connectivity index (χ0n) is 9.54. The van der Waals surface area contributed by atoms with Crippen LogP contribution in [0.5, 0.6) is 0 Å². The molecule has 0 spiro atoms. The maximum absolute atomic E-state index is 11.3. The molecule has 0 aromatic heterocycles. The van der Waals surface area contributed by atoms with E-state index in [1.54, 1.807) is 0 Å². The minimum atomic E-state index is 0. The zero-order chi connectivity index (χ0) is 10.5. The normalized spacial score (nSPS) is 23.9. The van der Waals surface area contributed by atoms with Crippen LogP contribution >= 0.6 is 12.4 Å². The molecule has 1 atom stereocenters. The van der Waals surface area contributed by atoms with E-state index >= 15 is 0 Å². The second-order valence-corrected chi connectivity index (χ2v) is 4.56. The highest BCUT2D eigenvalue weighted by Crippen LogP contribution is 2.28. The first-order valence-electron chi connectivity index (χ1n) is 5.92. The highest BCUT2D eigenvalue weighted by molar-refractivity contribution is 5.85. The Kier molecular flexibility index (Phi) is 6.09. The molecule has 1 unspecified atom stereocenters. The Morgan fingerprint density at radius 1 is 1.38 bits per heavy atom. The first-order chi connectivity index (χ1) is 7.34. The van der Waals surface area contributed by atoms with Crippen molar-refractivity contribution in [2.24, 2.45) is 5.92 Å². The molecule has 2 N–H and O–H groups in total. The molecule has 1 aliphatic heterocycles. The van der Waals surface area contributed by atoms with Crippen molar-refractivity contribution in [1.82, 2.24) is 10.6 Å². The predicted octanol–water partition coefficient (Wildman–Crippen LogP) is 0.703. The lowest BCUT2D eigenvalue weighted by Crippen LogP contribution is -2.38. The van der Waals surface area contributed by atoms with Crippen molar-refractivity contribution in [2.75, 3.05) is 26.3 Å². The summed E-state index contributed by atoms with van der Waals surface area (Å²) in [4.78, 5) is 11.3. The van der Waals surface area contributed by atoms with Crippen LogP contribution in [0.25, 0.3) is 0 Å². The molecule has 1 amide bonds. The molecule has 0 radical (unpaired) electrons. The van der Waals surface area contributed by atoms with Gasteiger partial charge >= 0.3 is 0 Å². The second kappa shape index (κ2) is 7.09. The summed E-state index contributed by atoms with van der Waals surface area (Å²) in [6.45, 7) is 2.81. The van der Waals surface area contributed by atoms with Gasteiger partial charge in [-0.15, -0.1) is 12.4 Å². The Hall–Kier alpha value is -0.320. The topological polar surface area (TPSA) is 50.4 Å². The molecule has 4 nitrogen and oxygen atoms in total. The van der Waals surface area contributed by atoms with Gasteiger partial charge in [0.2, 0.25) is 5.91 Å². The lowest BCUT2D eigenvalue weighted by molar-refractivity contribution is -0.125. The minimum Gasteiger partial charge on any atom is -0.371 e. The first-order valence-corrected chi connectivity index (χ1v) is 5.92. The van der Waals surface area contributed by atoms with E-state index in [1.807, 2.05) is 0 Å². The fourth-order valence-electron chi connectivity index (χ4n) is 1.82. The smallest absolute Gasteiger partial charge is 0.246 e. The zero-order valence-corrected chi connectivity index (χ0v) is 10.4. The van der Waals surface area contributed by atoms with Crippen LogP contribution in [0, 0.1) is 5.92 Å². The fourth-order valence-corrected chi connectivity index (χ4v) is 1.82. The number of amides is 1. The summed E-state index contributed by atoms with van der Waals surface area (Å²) < 4.78 is 5.30. The highest BCUT2D eigenvalue weighted by Gasteiger charge is 2.21. The molecule has 16 heavy (non-hydrogen) atoms. The number of ether oxygens (including phenoxy) is 1. The molecule has 0 aromatic rings. The summed E-state index contributed by atoms with van der Waals surface area (Å²) in [6.07, 6.45) is 4.93. The van der Waals surface area contributed by atoms with Gasteiger partial charge in [0, 0.05) is 12.6 Å². The van der Waals surface area contributed by atoms with Gasteiger partial charge in [-0.3, -0.25) is 4.79 Å². The molecule has 1 saturated carbocycles. The van der Waals surface area contributed by atoms with E-state index in [0.717, 1.165) is 25.6 Å². The molecule has 2 rings (SSSR count). The summed E-state index contributed by atoms with van der Waals surface area (Å²) in [5, 5.41) is 6.23. The van der Waals surface area contributed by atoms with Crippen LogP contribution in [0.2, 0.25) is 0 Å². The lowest BCUT2D eigenvalue weighted by atomic mass is 10.2. The standard InChI is InChI=1S/C11H20N2O2.ClH/c14-11(8-15-7-9-3-4-9)13-6-10-2-1-5-12-10;/h9-10,12H,1-8H2,(H,13,14);1H. The molecule has 1 saturated heterocycles. The van der Waals surface area contributed by atoms with E-state index in [4.69, 9.17) is 4.74 Å². The average Bonchev–Trinajstić information content (AvgIpc) is 2.91. The summed E-state index contributed by atoms with van der Waals surface area (Å²) in [5.74, 6) is 0.749. The van der Waals surface area contributed by atoms with Crippen LogP contribution < -0.4 is 10.6 Å². The van der Waals surface area contributed by atoms with E-state index < -0.39 is 0 Å². The number of nitrogens with one attached hydrogen (secondary N) is 2. The van der Waals surface area contributed by atoms with E-state index in [9.17, 15) is 4.79 Å². The Labute approximate surface area is 103 Å². The van der Waals surface area contributed by atoms with Crippen LogP contribution in [0.15, 0.2) is 0 Å². The van der Waals surface area contributed by atoms with E-state index in [0.29, 0.717) is 6.04 Å². The van der Waals surface area contributed by atoms with E-state index in [-0.39, 0.29) is 24.9 Å². The van der Waals surface area contributed by atoms with Crippen LogP contribution in [-0.2, 0) is 9.53 Å². The molecular formula is C11H21ClN2O2. The minimum absolute atomic E-state index is 0. The molecule has 2 aliphatic rings. The molecule has 94 valence electrons. The molecule has 1 aliphatic carbocycles. The summed E-state index contributed by atoms with van der Waals surface area (Å²) in [5.41, 5.74) is 0. The van der Waals surface area contributed by atoms with Crippen molar-refractivity contribution >= 4 is 18.3 Å². The van der Waals surface area contributed by atoms with Crippen LogP contribution in [0.4, 0.5) is 0 Å². The van der Waals surface area contributed by atoms with Gasteiger partial charge in [-0.1, -0.05) is 0 Å². The Morgan fingerprint density at radius 3 is 2.81 bits per heavy atom. The maximum atomic E-state index is 11.3. The molecule has 1 heterocycles. The van der Waals surface area contributed by atoms with Gasteiger partial charge < -0.3 is 15.4 Å². The van der Waals surface area contributed by atoms with Gasteiger partial charge in [-0.05, 0) is 38.1 Å².